The molecule has 0 spiro atoms. The Morgan fingerprint density at radius 1 is 0.863 bits per heavy atom. The third-order valence-electron chi connectivity index (χ3n) is 13.0. The number of rotatable bonds is 19. The Kier molecular flexibility index (Phi) is 14.3. The van der Waals surface area contributed by atoms with Crippen molar-refractivity contribution in [1.29, 1.82) is 0 Å². The van der Waals surface area contributed by atoms with Crippen LogP contribution in [-0.2, 0) is 20.8 Å². The van der Waals surface area contributed by atoms with E-state index in [1.54, 1.807) is 5.92 Å². The van der Waals surface area contributed by atoms with Crippen molar-refractivity contribution in [2.24, 2.45) is 49.8 Å². The smallest absolute Gasteiger partial charge is 0.0649 e. The van der Waals surface area contributed by atoms with Gasteiger partial charge >= 0.3 is 0 Å². The highest BCUT2D eigenvalue weighted by atomic mass is 16.5. The normalized spacial score (nSPS) is 32.5. The minimum atomic E-state index is -0.0700. The van der Waals surface area contributed by atoms with E-state index in [4.69, 9.17) is 30.8 Å². The zero-order valence-corrected chi connectivity index (χ0v) is 31.1. The highest BCUT2D eigenvalue weighted by Gasteiger charge is 2.67. The van der Waals surface area contributed by atoms with E-state index in [9.17, 15) is 0 Å². The van der Waals surface area contributed by atoms with E-state index >= 15 is 0 Å². The molecule has 51 heavy (non-hydrogen) atoms. The molecule has 0 unspecified atom stereocenters. The molecular formula is C38H58N10O3. The zero-order chi connectivity index (χ0) is 36.3. The van der Waals surface area contributed by atoms with Crippen LogP contribution < -0.4 is 0 Å². The van der Waals surface area contributed by atoms with Gasteiger partial charge in [0.15, 0.2) is 0 Å². The molecule has 4 saturated carbocycles. The Labute approximate surface area is 304 Å². The maximum absolute atomic E-state index is 9.00. The first kappa shape index (κ1) is 39.2. The van der Waals surface area contributed by atoms with Crippen LogP contribution in [0.3, 0.4) is 0 Å². The summed E-state index contributed by atoms with van der Waals surface area (Å²) < 4.78 is 19.8. The molecule has 0 bridgehead atoms. The Morgan fingerprint density at radius 2 is 1.53 bits per heavy atom. The van der Waals surface area contributed by atoms with Crippen molar-refractivity contribution >= 4 is 0 Å². The Hall–Kier alpha value is -3.01. The van der Waals surface area contributed by atoms with Crippen molar-refractivity contribution < 1.29 is 14.2 Å². The number of benzene rings is 1. The minimum Gasteiger partial charge on any atom is -0.378 e. The Morgan fingerprint density at radius 3 is 2.22 bits per heavy atom. The molecule has 278 valence electrons. The Bertz CT molecular complexity index is 1400. The van der Waals surface area contributed by atoms with Gasteiger partial charge in [-0.2, -0.15) is 0 Å². The van der Waals surface area contributed by atoms with E-state index in [2.05, 4.69) is 93.1 Å². The van der Waals surface area contributed by atoms with Crippen LogP contribution in [0.1, 0.15) is 84.1 Å². The predicted octanol–water partition coefficient (Wildman–Crippen LogP) is 9.42. The van der Waals surface area contributed by atoms with E-state index in [1.165, 1.54) is 17.9 Å². The summed E-state index contributed by atoms with van der Waals surface area (Å²) in [6.07, 6.45) is 9.33. The van der Waals surface area contributed by atoms with Crippen molar-refractivity contribution in [3.8, 4) is 0 Å². The molecule has 4 aliphatic rings. The summed E-state index contributed by atoms with van der Waals surface area (Å²) in [5.41, 5.74) is 27.9. The summed E-state index contributed by atoms with van der Waals surface area (Å²) in [5.74, 6) is 4.74. The van der Waals surface area contributed by atoms with Gasteiger partial charge in [0.05, 0.1) is 38.1 Å². The monoisotopic (exact) mass is 702 g/mol. The molecule has 0 N–H and O–H groups in total. The van der Waals surface area contributed by atoms with Crippen LogP contribution in [0.2, 0.25) is 0 Å². The summed E-state index contributed by atoms with van der Waals surface area (Å²) in [6, 6.07) is 10.7. The molecule has 0 aromatic heterocycles. The summed E-state index contributed by atoms with van der Waals surface area (Å²) >= 11 is 0. The Balaban J connectivity index is 1.36. The average molecular weight is 703 g/mol. The summed E-state index contributed by atoms with van der Waals surface area (Å²) in [6.45, 7) is 11.6. The maximum atomic E-state index is 9.00. The molecular weight excluding hydrogens is 644 g/mol. The second-order valence-electron chi connectivity index (χ2n) is 15.8. The summed E-state index contributed by atoms with van der Waals surface area (Å²) in [5, 5.41) is 11.3. The van der Waals surface area contributed by atoms with Crippen molar-refractivity contribution in [1.82, 2.24) is 4.90 Å². The lowest BCUT2D eigenvalue weighted by molar-refractivity contribution is -0.151. The minimum absolute atomic E-state index is 0.00541. The quantitative estimate of drug-likeness (QED) is 0.0604. The number of fused-ring (bicyclic) bond motifs is 5. The molecule has 0 heterocycles. The summed E-state index contributed by atoms with van der Waals surface area (Å²) in [7, 11) is 2.22. The molecule has 13 heteroatoms. The van der Waals surface area contributed by atoms with Gasteiger partial charge in [0.25, 0.3) is 0 Å². The van der Waals surface area contributed by atoms with E-state index < -0.39 is 0 Å². The topological polar surface area (TPSA) is 177 Å². The van der Waals surface area contributed by atoms with Crippen molar-refractivity contribution in [3.05, 3.63) is 79.1 Å². The first-order valence-electron chi connectivity index (χ1n) is 19.1. The second-order valence-corrected chi connectivity index (χ2v) is 15.8. The van der Waals surface area contributed by atoms with E-state index in [0.29, 0.717) is 63.1 Å². The maximum Gasteiger partial charge on any atom is 0.0649 e. The number of hydrogen-bond acceptors (Lipinski definition) is 7. The van der Waals surface area contributed by atoms with Gasteiger partial charge in [0.2, 0.25) is 0 Å². The van der Waals surface area contributed by atoms with Gasteiger partial charge in [0.1, 0.15) is 0 Å². The molecule has 0 amide bonds. The van der Waals surface area contributed by atoms with Gasteiger partial charge in [0, 0.05) is 52.2 Å². The standard InChI is InChI=1S/C38H58N10O3/c1-27(9-8-19-48(4)26-28-10-6-5-7-11-28)31-12-13-32-36-33(25-35(38(31,32)3)51-22-18-44-47-41)37(2)15-14-30(49-20-16-42-45-39)23-29(37)24-34(36)50-21-17-43-46-40/h5-7,10-11,27,30-35H,8-9,12-26H2,1-4H3/t27-,30+,31-,32+,33+,34-,35+,37+,38-/m1/s1. The fraction of sp³-hybridized carbons (Fsp3) is 0.789. The van der Waals surface area contributed by atoms with Gasteiger partial charge in [-0.1, -0.05) is 66.4 Å². The highest BCUT2D eigenvalue weighted by Crippen LogP contribution is 2.70. The van der Waals surface area contributed by atoms with E-state index in [-0.39, 0.29) is 29.1 Å². The SMILES string of the molecule is C[C@H](CCCN(C)Cc1ccccc1)[C@H]1CC[C@H]2[C]3[C@H](OCCN=[N+]=[N-])C[C]4C[C@@H](OCCN=[N+]=[N-])CC[C@]4(C)[C@H]3C[C@H](OCCN=[N+]=[N-])[C@]12C. The van der Waals surface area contributed by atoms with E-state index in [0.717, 1.165) is 64.5 Å². The van der Waals surface area contributed by atoms with Crippen molar-refractivity contribution in [2.45, 2.75) is 103 Å². The lowest BCUT2D eigenvalue weighted by atomic mass is 9.43. The molecule has 2 radical (unpaired) electrons. The predicted molar refractivity (Wildman–Crippen MR) is 198 cm³/mol. The first-order chi connectivity index (χ1) is 24.8. The van der Waals surface area contributed by atoms with Crippen molar-refractivity contribution in [3.63, 3.8) is 0 Å². The van der Waals surface area contributed by atoms with Gasteiger partial charge in [-0.05, 0) is 129 Å². The number of ether oxygens (including phenoxy) is 3. The largest absolute Gasteiger partial charge is 0.378 e. The van der Waals surface area contributed by atoms with Gasteiger partial charge in [-0.3, -0.25) is 0 Å². The molecule has 0 saturated heterocycles. The first-order valence-corrected chi connectivity index (χ1v) is 19.1. The van der Waals surface area contributed by atoms with Gasteiger partial charge in [-0.15, -0.1) is 0 Å². The molecule has 1 aromatic carbocycles. The molecule has 1 aromatic rings. The molecule has 4 fully saturated rings. The molecule has 9 atom stereocenters. The van der Waals surface area contributed by atoms with Crippen LogP contribution in [0.5, 0.6) is 0 Å². The van der Waals surface area contributed by atoms with Crippen LogP contribution in [-0.4, -0.2) is 76.3 Å². The molecule has 13 nitrogen and oxygen atoms in total. The van der Waals surface area contributed by atoms with Crippen LogP contribution in [0.4, 0.5) is 0 Å². The van der Waals surface area contributed by atoms with Crippen molar-refractivity contribution in [2.75, 3.05) is 53.0 Å². The molecule has 4 aliphatic carbocycles. The van der Waals surface area contributed by atoms with Crippen LogP contribution in [0, 0.1) is 46.3 Å². The van der Waals surface area contributed by atoms with Gasteiger partial charge in [-0.25, -0.2) is 0 Å². The second kappa shape index (κ2) is 18.7. The number of hydrogen-bond donors (Lipinski definition) is 0. The average Bonchev–Trinajstić information content (AvgIpc) is 3.49. The van der Waals surface area contributed by atoms with Crippen LogP contribution in [0.25, 0.3) is 31.3 Å². The molecule has 5 rings (SSSR count). The lowest BCUT2D eigenvalue weighted by Gasteiger charge is -2.64. The van der Waals surface area contributed by atoms with Crippen LogP contribution in [0.15, 0.2) is 45.7 Å². The fourth-order valence-corrected chi connectivity index (χ4v) is 10.6. The lowest BCUT2D eigenvalue weighted by Crippen LogP contribution is -2.62. The summed E-state index contributed by atoms with van der Waals surface area (Å²) in [4.78, 5) is 11.3. The fourth-order valence-electron chi connectivity index (χ4n) is 10.6. The number of azide groups is 3. The third kappa shape index (κ3) is 9.14. The van der Waals surface area contributed by atoms with E-state index in [1.807, 2.05) is 0 Å². The molecule has 0 aliphatic heterocycles. The highest BCUT2D eigenvalue weighted by molar-refractivity contribution is 5.32. The third-order valence-corrected chi connectivity index (χ3v) is 13.0. The van der Waals surface area contributed by atoms with Crippen LogP contribution >= 0.6 is 0 Å². The van der Waals surface area contributed by atoms with Gasteiger partial charge < -0.3 is 19.1 Å². The zero-order valence-electron chi connectivity index (χ0n) is 31.1. The number of nitrogens with zero attached hydrogens (tertiary/aromatic N) is 10.